The van der Waals surface area contributed by atoms with Crippen molar-refractivity contribution in [3.05, 3.63) is 71.8 Å². The Labute approximate surface area is 137 Å². The summed E-state index contributed by atoms with van der Waals surface area (Å²) in [6.45, 7) is 4.18. The first-order chi connectivity index (χ1) is 10.9. The first kappa shape index (κ1) is 15.6. The lowest BCUT2D eigenvalue weighted by atomic mass is 10.0. The number of thioether (sulfide) groups is 1. The van der Waals surface area contributed by atoms with E-state index in [2.05, 4.69) is 65.6 Å². The van der Waals surface area contributed by atoms with Crippen LogP contribution in [0.2, 0.25) is 0 Å². The molecule has 0 amide bonds. The molecule has 3 rings (SSSR count). The second-order valence-electron chi connectivity index (χ2n) is 5.53. The molecule has 1 aliphatic heterocycles. The minimum absolute atomic E-state index is 0.0292. The molecule has 22 heavy (non-hydrogen) atoms. The topological polar surface area (TPSA) is 12.5 Å². The quantitative estimate of drug-likeness (QED) is 0.804. The fraction of sp³-hybridized carbons (Fsp3) is 0.368. The van der Waals surface area contributed by atoms with Crippen LogP contribution in [0.5, 0.6) is 0 Å². The molecule has 2 aromatic rings. The monoisotopic (exact) mass is 313 g/mol. The Hall–Kier alpha value is -1.29. The van der Waals surface area contributed by atoms with Crippen LogP contribution in [0.3, 0.4) is 0 Å². The number of hydrogen-bond acceptors (Lipinski definition) is 3. The summed E-state index contributed by atoms with van der Waals surface area (Å²) in [5.41, 5.74) is 2.45. The van der Waals surface area contributed by atoms with E-state index in [4.69, 9.17) is 4.74 Å². The molecule has 0 radical (unpaired) electrons. The van der Waals surface area contributed by atoms with E-state index in [0.717, 1.165) is 13.2 Å². The van der Waals surface area contributed by atoms with E-state index in [1.54, 1.807) is 0 Å². The highest BCUT2D eigenvalue weighted by molar-refractivity contribution is 7.99. The molecule has 1 fully saturated rings. The molecule has 0 saturated carbocycles. The van der Waals surface area contributed by atoms with Crippen LogP contribution in [0.4, 0.5) is 0 Å². The Morgan fingerprint density at radius 3 is 1.95 bits per heavy atom. The smallest absolute Gasteiger partial charge is 0.108 e. The second kappa shape index (κ2) is 8.37. The molecule has 116 valence electrons. The van der Waals surface area contributed by atoms with Crippen LogP contribution in [0.25, 0.3) is 0 Å². The molecule has 2 nitrogen and oxygen atoms in total. The van der Waals surface area contributed by atoms with Crippen LogP contribution in [0, 0.1) is 0 Å². The van der Waals surface area contributed by atoms with Crippen molar-refractivity contribution in [2.75, 3.05) is 37.7 Å². The van der Waals surface area contributed by atoms with Gasteiger partial charge in [-0.25, -0.2) is 0 Å². The Balaban J connectivity index is 1.64. The van der Waals surface area contributed by atoms with Crippen LogP contribution < -0.4 is 0 Å². The Morgan fingerprint density at radius 2 is 1.41 bits per heavy atom. The average molecular weight is 313 g/mol. The normalized spacial score (nSPS) is 16.0. The largest absolute Gasteiger partial charge is 0.367 e. The van der Waals surface area contributed by atoms with Gasteiger partial charge >= 0.3 is 0 Å². The molecular weight excluding hydrogens is 290 g/mol. The van der Waals surface area contributed by atoms with Crippen molar-refractivity contribution in [3.8, 4) is 0 Å². The summed E-state index contributed by atoms with van der Waals surface area (Å²) in [6.07, 6.45) is 0.0292. The van der Waals surface area contributed by atoms with Crippen molar-refractivity contribution in [3.63, 3.8) is 0 Å². The summed E-state index contributed by atoms with van der Waals surface area (Å²) >= 11 is 2.05. The summed E-state index contributed by atoms with van der Waals surface area (Å²) in [4.78, 5) is 2.50. The molecule has 1 heterocycles. The molecule has 2 aromatic carbocycles. The lowest BCUT2D eigenvalue weighted by Crippen LogP contribution is -2.35. The van der Waals surface area contributed by atoms with Gasteiger partial charge in [-0.1, -0.05) is 60.7 Å². The molecule has 0 bridgehead atoms. The molecule has 0 N–H and O–H groups in total. The van der Waals surface area contributed by atoms with Crippen molar-refractivity contribution in [1.82, 2.24) is 4.90 Å². The third-order valence-corrected chi connectivity index (χ3v) is 4.94. The van der Waals surface area contributed by atoms with Crippen molar-refractivity contribution in [2.24, 2.45) is 0 Å². The number of hydrogen-bond donors (Lipinski definition) is 0. The maximum atomic E-state index is 6.27. The van der Waals surface area contributed by atoms with Crippen molar-refractivity contribution < 1.29 is 4.74 Å². The fourth-order valence-corrected chi connectivity index (χ4v) is 3.74. The predicted octanol–water partition coefficient (Wildman–Crippen LogP) is 3.84. The maximum absolute atomic E-state index is 6.27. The molecule has 0 unspecified atom stereocenters. The molecule has 0 aromatic heterocycles. The zero-order valence-electron chi connectivity index (χ0n) is 12.9. The van der Waals surface area contributed by atoms with E-state index in [-0.39, 0.29) is 6.10 Å². The average Bonchev–Trinajstić information content (AvgIpc) is 2.61. The van der Waals surface area contributed by atoms with Gasteiger partial charge in [0.05, 0.1) is 6.61 Å². The van der Waals surface area contributed by atoms with E-state index in [1.165, 1.54) is 35.7 Å². The maximum Gasteiger partial charge on any atom is 0.108 e. The SMILES string of the molecule is c1ccc(C(OCCN2CCSCC2)c2ccccc2)cc1. The van der Waals surface area contributed by atoms with Gasteiger partial charge in [0, 0.05) is 31.1 Å². The van der Waals surface area contributed by atoms with Gasteiger partial charge in [-0.2, -0.15) is 11.8 Å². The third kappa shape index (κ3) is 4.35. The van der Waals surface area contributed by atoms with Crippen LogP contribution >= 0.6 is 11.8 Å². The van der Waals surface area contributed by atoms with Crippen molar-refractivity contribution in [1.29, 1.82) is 0 Å². The minimum Gasteiger partial charge on any atom is -0.367 e. The van der Waals surface area contributed by atoms with Crippen LogP contribution in [-0.2, 0) is 4.74 Å². The Bertz CT molecular complexity index is 500. The molecule has 3 heteroatoms. The van der Waals surface area contributed by atoms with Gasteiger partial charge in [0.15, 0.2) is 0 Å². The highest BCUT2D eigenvalue weighted by Gasteiger charge is 2.15. The summed E-state index contributed by atoms with van der Waals surface area (Å²) in [5, 5.41) is 0. The molecule has 1 saturated heterocycles. The van der Waals surface area contributed by atoms with Crippen LogP contribution in [-0.4, -0.2) is 42.6 Å². The summed E-state index contributed by atoms with van der Waals surface area (Å²) < 4.78 is 6.27. The van der Waals surface area contributed by atoms with Gasteiger partial charge in [-0.3, -0.25) is 4.90 Å². The Kier molecular flexibility index (Phi) is 5.94. The number of ether oxygens (including phenoxy) is 1. The van der Waals surface area contributed by atoms with E-state index in [1.807, 2.05) is 11.8 Å². The van der Waals surface area contributed by atoms with Gasteiger partial charge < -0.3 is 4.74 Å². The van der Waals surface area contributed by atoms with E-state index in [0.29, 0.717) is 0 Å². The summed E-state index contributed by atoms with van der Waals surface area (Å²) in [7, 11) is 0. The predicted molar refractivity (Wildman–Crippen MR) is 94.4 cm³/mol. The van der Waals surface area contributed by atoms with Gasteiger partial charge in [0.1, 0.15) is 6.10 Å². The number of rotatable bonds is 6. The highest BCUT2D eigenvalue weighted by Crippen LogP contribution is 2.25. The van der Waals surface area contributed by atoms with Gasteiger partial charge in [0.25, 0.3) is 0 Å². The number of benzene rings is 2. The number of nitrogens with zero attached hydrogens (tertiary/aromatic N) is 1. The lowest BCUT2D eigenvalue weighted by molar-refractivity contribution is 0.0618. The van der Waals surface area contributed by atoms with E-state index in [9.17, 15) is 0 Å². The van der Waals surface area contributed by atoms with Gasteiger partial charge in [0.2, 0.25) is 0 Å². The standard InChI is InChI=1S/C19H23NOS/c1-3-7-17(8-4-1)19(18-9-5-2-6-10-18)21-14-11-20-12-15-22-16-13-20/h1-10,19H,11-16H2. The third-order valence-electron chi connectivity index (χ3n) is 4.00. The minimum atomic E-state index is 0.0292. The van der Waals surface area contributed by atoms with Gasteiger partial charge in [-0.15, -0.1) is 0 Å². The zero-order chi connectivity index (χ0) is 15.0. The molecule has 0 atom stereocenters. The zero-order valence-corrected chi connectivity index (χ0v) is 13.7. The van der Waals surface area contributed by atoms with E-state index >= 15 is 0 Å². The van der Waals surface area contributed by atoms with Crippen LogP contribution in [0.15, 0.2) is 60.7 Å². The highest BCUT2D eigenvalue weighted by atomic mass is 32.2. The molecule has 0 spiro atoms. The van der Waals surface area contributed by atoms with Gasteiger partial charge in [-0.05, 0) is 11.1 Å². The van der Waals surface area contributed by atoms with Crippen molar-refractivity contribution in [2.45, 2.75) is 6.10 Å². The summed E-state index contributed by atoms with van der Waals surface area (Å²) in [5.74, 6) is 2.50. The Morgan fingerprint density at radius 1 is 0.864 bits per heavy atom. The first-order valence-electron chi connectivity index (χ1n) is 7.95. The fourth-order valence-electron chi connectivity index (χ4n) is 2.76. The van der Waals surface area contributed by atoms with E-state index < -0.39 is 0 Å². The second-order valence-corrected chi connectivity index (χ2v) is 6.75. The molecule has 1 aliphatic rings. The first-order valence-corrected chi connectivity index (χ1v) is 9.10. The molecule has 0 aliphatic carbocycles. The van der Waals surface area contributed by atoms with Crippen molar-refractivity contribution >= 4 is 11.8 Å². The molecular formula is C19H23NOS. The lowest BCUT2D eigenvalue weighted by Gasteiger charge is -2.27. The summed E-state index contributed by atoms with van der Waals surface area (Å²) in [6, 6.07) is 21.0. The van der Waals surface area contributed by atoms with Crippen LogP contribution in [0.1, 0.15) is 17.2 Å².